The molecule has 1 aromatic rings. The Morgan fingerprint density at radius 2 is 1.78 bits per heavy atom. The summed E-state index contributed by atoms with van der Waals surface area (Å²) in [5.74, 6) is -1.54. The molecule has 3 amide bonds. The van der Waals surface area contributed by atoms with Gasteiger partial charge in [0.1, 0.15) is 17.7 Å². The van der Waals surface area contributed by atoms with E-state index in [0.29, 0.717) is 12.0 Å². The minimum Gasteiger partial charge on any atom is -0.466 e. The Morgan fingerprint density at radius 3 is 2.33 bits per heavy atom. The molecule has 36 heavy (non-hydrogen) atoms. The fourth-order valence-electron chi connectivity index (χ4n) is 3.49. The lowest BCUT2D eigenvalue weighted by molar-refractivity contribution is -0.144. The maximum Gasteiger partial charge on any atom is 0.408 e. The second-order valence-electron chi connectivity index (χ2n) is 9.37. The molecule has 0 radical (unpaired) electrons. The van der Waals surface area contributed by atoms with E-state index in [0.717, 1.165) is 12.0 Å². The van der Waals surface area contributed by atoms with Crippen LogP contribution in [0.3, 0.4) is 0 Å². The fraction of sp³-hybridized carbons (Fsp3) is 0.615. The number of nitrogens with zero attached hydrogens (tertiary/aromatic N) is 1. The average Bonchev–Trinajstić information content (AvgIpc) is 2.79. The molecule has 202 valence electrons. The molecule has 0 saturated carbocycles. The van der Waals surface area contributed by atoms with Crippen LogP contribution < -0.4 is 10.6 Å². The summed E-state index contributed by atoms with van der Waals surface area (Å²) in [4.78, 5) is 52.4. The van der Waals surface area contributed by atoms with Crippen LogP contribution in [-0.4, -0.2) is 71.8 Å². The molecule has 3 N–H and O–H groups in total. The molecule has 0 heterocycles. The first-order chi connectivity index (χ1) is 16.9. The molecule has 0 fully saturated rings. The van der Waals surface area contributed by atoms with Crippen LogP contribution in [0.5, 0.6) is 0 Å². The Morgan fingerprint density at radius 1 is 1.11 bits per heavy atom. The molecule has 1 aromatic carbocycles. The van der Waals surface area contributed by atoms with E-state index in [4.69, 9.17) is 9.47 Å². The SMILES string of the molecule is CCCCN(C(=O)C(CO)NC(=O)OC(C)(C)C)C(C(=O)NCCC(=O)OCC)c1ccccc1C. The van der Waals surface area contributed by atoms with Crippen molar-refractivity contribution < 1.29 is 33.8 Å². The van der Waals surface area contributed by atoms with Gasteiger partial charge in [-0.05, 0) is 52.2 Å². The van der Waals surface area contributed by atoms with Gasteiger partial charge >= 0.3 is 12.1 Å². The van der Waals surface area contributed by atoms with Gasteiger partial charge in [-0.1, -0.05) is 37.6 Å². The van der Waals surface area contributed by atoms with E-state index in [1.807, 2.05) is 26.0 Å². The predicted molar refractivity (Wildman–Crippen MR) is 135 cm³/mol. The van der Waals surface area contributed by atoms with Gasteiger partial charge in [-0.25, -0.2) is 4.79 Å². The number of carbonyl (C=O) groups is 4. The van der Waals surface area contributed by atoms with Gasteiger partial charge in [-0.2, -0.15) is 0 Å². The van der Waals surface area contributed by atoms with Crippen LogP contribution >= 0.6 is 0 Å². The molecule has 10 heteroatoms. The summed E-state index contributed by atoms with van der Waals surface area (Å²) in [5.41, 5.74) is 0.597. The van der Waals surface area contributed by atoms with Gasteiger partial charge in [0.25, 0.3) is 0 Å². The summed E-state index contributed by atoms with van der Waals surface area (Å²) >= 11 is 0. The number of aliphatic hydroxyl groups excluding tert-OH is 1. The maximum absolute atomic E-state index is 13.6. The van der Waals surface area contributed by atoms with Crippen molar-refractivity contribution >= 4 is 23.9 Å². The summed E-state index contributed by atoms with van der Waals surface area (Å²) in [7, 11) is 0. The number of carbonyl (C=O) groups excluding carboxylic acids is 4. The lowest BCUT2D eigenvalue weighted by Crippen LogP contribution is -2.54. The van der Waals surface area contributed by atoms with Crippen LogP contribution in [0.25, 0.3) is 0 Å². The number of aryl methyl sites for hydroxylation is 1. The lowest BCUT2D eigenvalue weighted by Gasteiger charge is -2.34. The van der Waals surface area contributed by atoms with Crippen LogP contribution in [0.2, 0.25) is 0 Å². The molecular weight excluding hydrogens is 466 g/mol. The third-order valence-electron chi connectivity index (χ3n) is 5.18. The molecule has 0 saturated heterocycles. The highest BCUT2D eigenvalue weighted by atomic mass is 16.6. The topological polar surface area (TPSA) is 134 Å². The molecule has 0 aliphatic carbocycles. The standard InChI is InChI=1S/C26H41N3O7/c1-7-9-16-29(24(33)20(17-30)28-25(34)36-26(4,5)6)22(19-13-11-10-12-18(19)3)23(32)27-15-14-21(31)35-8-2/h10-13,20,22,30H,7-9,14-17H2,1-6H3,(H,27,32)(H,28,34). The number of benzene rings is 1. The first-order valence-corrected chi connectivity index (χ1v) is 12.3. The van der Waals surface area contributed by atoms with Crippen molar-refractivity contribution in [2.24, 2.45) is 0 Å². The van der Waals surface area contributed by atoms with E-state index >= 15 is 0 Å². The molecule has 2 unspecified atom stereocenters. The number of hydrogen-bond acceptors (Lipinski definition) is 7. The van der Waals surface area contributed by atoms with Gasteiger partial charge in [0.2, 0.25) is 11.8 Å². The number of amides is 3. The second-order valence-corrected chi connectivity index (χ2v) is 9.37. The van der Waals surface area contributed by atoms with E-state index in [9.17, 15) is 24.3 Å². The summed E-state index contributed by atoms with van der Waals surface area (Å²) < 4.78 is 10.1. The molecule has 0 spiro atoms. The maximum atomic E-state index is 13.6. The van der Waals surface area contributed by atoms with Crippen molar-refractivity contribution in [3.8, 4) is 0 Å². The number of rotatable bonds is 13. The third-order valence-corrected chi connectivity index (χ3v) is 5.18. The highest BCUT2D eigenvalue weighted by molar-refractivity contribution is 5.92. The van der Waals surface area contributed by atoms with Crippen molar-refractivity contribution in [1.82, 2.24) is 15.5 Å². The summed E-state index contributed by atoms with van der Waals surface area (Å²) in [6.07, 6.45) is 0.478. The number of nitrogens with one attached hydrogen (secondary N) is 2. The molecule has 0 aliphatic rings. The highest BCUT2D eigenvalue weighted by Gasteiger charge is 2.36. The Kier molecular flexibility index (Phi) is 12.9. The predicted octanol–water partition coefficient (Wildman–Crippen LogP) is 2.62. The first kappa shape index (κ1) is 30.9. The second kappa shape index (κ2) is 15.1. The van der Waals surface area contributed by atoms with Crippen molar-refractivity contribution in [1.29, 1.82) is 0 Å². The number of alkyl carbamates (subject to hydrolysis) is 1. The number of esters is 1. The fourth-order valence-corrected chi connectivity index (χ4v) is 3.49. The molecule has 1 rings (SSSR count). The van der Waals surface area contributed by atoms with E-state index < -0.39 is 48.2 Å². The van der Waals surface area contributed by atoms with Gasteiger partial charge in [0, 0.05) is 13.1 Å². The van der Waals surface area contributed by atoms with Crippen molar-refractivity contribution in [2.75, 3.05) is 26.3 Å². The Balaban J connectivity index is 3.29. The van der Waals surface area contributed by atoms with Gasteiger partial charge in [-0.3, -0.25) is 14.4 Å². The van der Waals surface area contributed by atoms with Crippen molar-refractivity contribution in [3.63, 3.8) is 0 Å². The van der Waals surface area contributed by atoms with Crippen LogP contribution in [0, 0.1) is 6.92 Å². The van der Waals surface area contributed by atoms with Gasteiger partial charge in [-0.15, -0.1) is 0 Å². The van der Waals surface area contributed by atoms with Crippen LogP contribution in [-0.2, 0) is 23.9 Å². The number of unbranched alkanes of at least 4 members (excludes halogenated alkanes) is 1. The number of aliphatic hydroxyl groups is 1. The third kappa shape index (κ3) is 10.2. The first-order valence-electron chi connectivity index (χ1n) is 12.3. The average molecular weight is 508 g/mol. The Labute approximate surface area is 213 Å². The quantitative estimate of drug-likeness (QED) is 0.349. The minimum atomic E-state index is -1.31. The zero-order chi connectivity index (χ0) is 27.3. The normalized spacial score (nSPS) is 12.8. The molecule has 0 aromatic heterocycles. The van der Waals surface area contributed by atoms with E-state index in [1.54, 1.807) is 39.8 Å². The summed E-state index contributed by atoms with van der Waals surface area (Å²) in [6, 6.07) is 4.84. The largest absolute Gasteiger partial charge is 0.466 e. The Hall–Kier alpha value is -3.14. The van der Waals surface area contributed by atoms with Crippen LogP contribution in [0.1, 0.15) is 71.0 Å². The number of ether oxygens (including phenoxy) is 2. The zero-order valence-corrected chi connectivity index (χ0v) is 22.3. The van der Waals surface area contributed by atoms with Gasteiger partial charge in [0.05, 0.1) is 19.6 Å². The lowest BCUT2D eigenvalue weighted by atomic mass is 9.97. The molecule has 0 aliphatic heterocycles. The zero-order valence-electron chi connectivity index (χ0n) is 22.3. The van der Waals surface area contributed by atoms with E-state index in [-0.39, 0.29) is 26.1 Å². The van der Waals surface area contributed by atoms with E-state index in [2.05, 4.69) is 10.6 Å². The van der Waals surface area contributed by atoms with Gasteiger partial charge < -0.3 is 30.1 Å². The summed E-state index contributed by atoms with van der Waals surface area (Å²) in [5, 5.41) is 15.1. The smallest absolute Gasteiger partial charge is 0.408 e. The Bertz CT molecular complexity index is 883. The molecule has 2 atom stereocenters. The summed E-state index contributed by atoms with van der Waals surface area (Å²) in [6.45, 7) is 10.4. The molecule has 0 bridgehead atoms. The highest BCUT2D eigenvalue weighted by Crippen LogP contribution is 2.26. The van der Waals surface area contributed by atoms with Crippen LogP contribution in [0.4, 0.5) is 4.79 Å². The van der Waals surface area contributed by atoms with Gasteiger partial charge in [0.15, 0.2) is 0 Å². The van der Waals surface area contributed by atoms with Crippen LogP contribution in [0.15, 0.2) is 24.3 Å². The molecule has 10 nitrogen and oxygen atoms in total. The van der Waals surface area contributed by atoms with E-state index in [1.165, 1.54) is 4.90 Å². The minimum absolute atomic E-state index is 0.0115. The van der Waals surface area contributed by atoms with Crippen molar-refractivity contribution in [2.45, 2.75) is 78.5 Å². The monoisotopic (exact) mass is 507 g/mol. The molecular formula is C26H41N3O7. The number of hydrogen-bond donors (Lipinski definition) is 3. The van der Waals surface area contributed by atoms with Crippen molar-refractivity contribution in [3.05, 3.63) is 35.4 Å².